The molecule has 2 fully saturated rings. The highest BCUT2D eigenvalue weighted by atomic mass is 19.4. The van der Waals surface area contributed by atoms with E-state index in [9.17, 15) is 31.9 Å². The first-order valence-electron chi connectivity index (χ1n) is 9.72. The first-order chi connectivity index (χ1) is 15.0. The molecule has 3 aromatic rings. The number of pyridine rings is 1. The van der Waals surface area contributed by atoms with Crippen LogP contribution < -0.4 is 10.2 Å². The molecule has 1 saturated carbocycles. The number of rotatable bonds is 2. The fraction of sp³-hybridized carbons (Fsp3) is 0.350. The number of hydrogen-bond donors (Lipinski definition) is 2. The zero-order valence-corrected chi connectivity index (χ0v) is 16.6. The lowest BCUT2D eigenvalue weighted by molar-refractivity contribution is -0.140. The Morgan fingerprint density at radius 1 is 1.19 bits per heavy atom. The first kappa shape index (κ1) is 20.5. The number of anilines is 1. The number of aromatic hydroxyl groups is 1. The van der Waals surface area contributed by atoms with Crippen LogP contribution in [0, 0.1) is 11.6 Å². The maximum absolute atomic E-state index is 14.6. The van der Waals surface area contributed by atoms with E-state index in [-0.39, 0.29) is 23.1 Å². The van der Waals surface area contributed by atoms with Crippen LogP contribution >= 0.6 is 0 Å². The van der Waals surface area contributed by atoms with E-state index >= 15 is 0 Å². The summed E-state index contributed by atoms with van der Waals surface area (Å²) in [7, 11) is 1.51. The SMILES string of the molecule is Cn1nc(-c2cc(C(F)(F)F)c(F)c(O)c2F)c2cnc(N3CCNC(=O)C34CC4)cc21. The number of nitrogens with zero attached hydrogens (tertiary/aromatic N) is 4. The molecule has 1 amide bonds. The summed E-state index contributed by atoms with van der Waals surface area (Å²) in [5, 5.41) is 16.8. The largest absolute Gasteiger partial charge is 0.503 e. The molecule has 1 aliphatic heterocycles. The van der Waals surface area contributed by atoms with Crippen LogP contribution in [0.4, 0.5) is 27.8 Å². The molecule has 5 rings (SSSR count). The van der Waals surface area contributed by atoms with E-state index in [0.717, 1.165) is 0 Å². The number of carbonyl (C=O) groups is 1. The second-order valence-electron chi connectivity index (χ2n) is 7.92. The summed E-state index contributed by atoms with van der Waals surface area (Å²) in [6.45, 7) is 0.974. The van der Waals surface area contributed by atoms with Crippen molar-refractivity contribution in [3.8, 4) is 17.0 Å². The van der Waals surface area contributed by atoms with Crippen LogP contribution in [0.1, 0.15) is 18.4 Å². The summed E-state index contributed by atoms with van der Waals surface area (Å²) in [6.07, 6.45) is -2.47. The molecule has 1 aromatic carbocycles. The summed E-state index contributed by atoms with van der Waals surface area (Å²) in [5.41, 5.74) is -2.96. The Hall–Kier alpha value is -3.44. The highest BCUT2D eigenvalue weighted by molar-refractivity contribution is 5.97. The lowest BCUT2D eigenvalue weighted by Crippen LogP contribution is -2.57. The second kappa shape index (κ2) is 6.53. The molecule has 3 heterocycles. The van der Waals surface area contributed by atoms with Crippen molar-refractivity contribution in [3.05, 3.63) is 35.5 Å². The average Bonchev–Trinajstić information content (AvgIpc) is 3.46. The molecule has 1 spiro atoms. The van der Waals surface area contributed by atoms with E-state index in [1.807, 2.05) is 4.90 Å². The highest BCUT2D eigenvalue weighted by Gasteiger charge is 2.56. The van der Waals surface area contributed by atoms with Gasteiger partial charge < -0.3 is 15.3 Å². The summed E-state index contributed by atoms with van der Waals surface area (Å²) >= 11 is 0. The maximum Gasteiger partial charge on any atom is 0.419 e. The molecule has 7 nitrogen and oxygen atoms in total. The van der Waals surface area contributed by atoms with Crippen molar-refractivity contribution in [2.45, 2.75) is 24.6 Å². The molecule has 2 N–H and O–H groups in total. The van der Waals surface area contributed by atoms with Gasteiger partial charge in [-0.2, -0.15) is 18.3 Å². The fourth-order valence-electron chi connectivity index (χ4n) is 4.22. The minimum absolute atomic E-state index is 0.0834. The Balaban J connectivity index is 1.65. The lowest BCUT2D eigenvalue weighted by atomic mass is 10.0. The molecule has 0 atom stereocenters. The highest BCUT2D eigenvalue weighted by Crippen LogP contribution is 2.46. The number of alkyl halides is 3. The van der Waals surface area contributed by atoms with Gasteiger partial charge >= 0.3 is 6.18 Å². The number of phenolic OH excluding ortho intramolecular Hbond substituents is 1. The van der Waals surface area contributed by atoms with Crippen molar-refractivity contribution >= 4 is 22.6 Å². The van der Waals surface area contributed by atoms with Crippen molar-refractivity contribution in [2.24, 2.45) is 7.05 Å². The van der Waals surface area contributed by atoms with Gasteiger partial charge in [-0.05, 0) is 18.9 Å². The Kier molecular flexibility index (Phi) is 4.18. The van der Waals surface area contributed by atoms with Crippen LogP contribution in [0.2, 0.25) is 0 Å². The van der Waals surface area contributed by atoms with Crippen LogP contribution in [0.15, 0.2) is 18.3 Å². The number of fused-ring (bicyclic) bond motifs is 1. The van der Waals surface area contributed by atoms with E-state index in [2.05, 4.69) is 15.4 Å². The number of nitrogens with one attached hydrogen (secondary N) is 1. The zero-order valence-electron chi connectivity index (χ0n) is 16.6. The van der Waals surface area contributed by atoms with Crippen LogP contribution in [-0.2, 0) is 18.0 Å². The number of carbonyl (C=O) groups excluding carboxylic acids is 1. The minimum Gasteiger partial charge on any atom is -0.503 e. The van der Waals surface area contributed by atoms with Crippen molar-refractivity contribution < 1.29 is 31.9 Å². The van der Waals surface area contributed by atoms with Crippen molar-refractivity contribution in [3.63, 3.8) is 0 Å². The molecule has 2 aliphatic rings. The number of amides is 1. The number of halogens is 5. The van der Waals surface area contributed by atoms with Crippen molar-refractivity contribution in [1.82, 2.24) is 20.1 Å². The zero-order chi connectivity index (χ0) is 23.0. The quantitative estimate of drug-likeness (QED) is 0.583. The van der Waals surface area contributed by atoms with E-state index in [4.69, 9.17) is 0 Å². The van der Waals surface area contributed by atoms with E-state index in [1.165, 1.54) is 17.9 Å². The van der Waals surface area contributed by atoms with Crippen LogP contribution in [-0.4, -0.2) is 44.4 Å². The van der Waals surface area contributed by atoms with Gasteiger partial charge in [-0.15, -0.1) is 0 Å². The van der Waals surface area contributed by atoms with Gasteiger partial charge in [-0.3, -0.25) is 9.48 Å². The van der Waals surface area contributed by atoms with Gasteiger partial charge in [0.2, 0.25) is 5.91 Å². The van der Waals surface area contributed by atoms with Crippen molar-refractivity contribution in [2.75, 3.05) is 18.0 Å². The first-order valence-corrected chi connectivity index (χ1v) is 9.72. The molecule has 0 radical (unpaired) electrons. The molecule has 0 unspecified atom stereocenters. The Labute approximate surface area is 177 Å². The average molecular weight is 453 g/mol. The van der Waals surface area contributed by atoms with Gasteiger partial charge in [0.15, 0.2) is 17.4 Å². The standard InChI is InChI=1S/C20H16F5N5O2/c1-29-12-7-13(30-5-4-26-18(32)19(30)2-3-19)27-8-10(12)16(28-29)9-6-11(20(23,24)25)15(22)17(31)14(9)21/h6-8,31H,2-5H2,1H3,(H,26,32). The molecule has 12 heteroatoms. The Bertz CT molecular complexity index is 1280. The number of piperazine rings is 1. The maximum atomic E-state index is 14.6. The summed E-state index contributed by atoms with van der Waals surface area (Å²) in [4.78, 5) is 18.5. The molecular weight excluding hydrogens is 437 g/mol. The van der Waals surface area contributed by atoms with Crippen molar-refractivity contribution in [1.29, 1.82) is 0 Å². The second-order valence-corrected chi connectivity index (χ2v) is 7.92. The predicted octanol–water partition coefficient (Wildman–Crippen LogP) is 3.11. The monoisotopic (exact) mass is 453 g/mol. The summed E-state index contributed by atoms with van der Waals surface area (Å²) in [5.74, 6) is -4.97. The summed E-state index contributed by atoms with van der Waals surface area (Å²) in [6, 6.07) is 1.91. The third-order valence-corrected chi connectivity index (χ3v) is 6.02. The third kappa shape index (κ3) is 2.81. The summed E-state index contributed by atoms with van der Waals surface area (Å²) < 4.78 is 69.4. The molecule has 0 bridgehead atoms. The van der Waals surface area contributed by atoms with Crippen LogP contribution in [0.5, 0.6) is 5.75 Å². The predicted molar refractivity (Wildman–Crippen MR) is 103 cm³/mol. The normalized spacial score (nSPS) is 17.8. The van der Waals surface area contributed by atoms with Gasteiger partial charge in [0.1, 0.15) is 17.1 Å². The molecule has 168 valence electrons. The van der Waals surface area contributed by atoms with Gasteiger partial charge in [-0.25, -0.2) is 13.8 Å². The lowest BCUT2D eigenvalue weighted by Gasteiger charge is -2.36. The van der Waals surface area contributed by atoms with Gasteiger partial charge in [0, 0.05) is 43.4 Å². The number of aromatic nitrogens is 3. The number of hydrogen-bond acceptors (Lipinski definition) is 5. The molecule has 1 saturated heterocycles. The molecule has 2 aromatic heterocycles. The molecule has 32 heavy (non-hydrogen) atoms. The smallest absolute Gasteiger partial charge is 0.419 e. The van der Waals surface area contributed by atoms with E-state index in [1.54, 1.807) is 6.07 Å². The fourth-order valence-corrected chi connectivity index (χ4v) is 4.22. The Morgan fingerprint density at radius 3 is 2.56 bits per heavy atom. The Morgan fingerprint density at radius 2 is 1.91 bits per heavy atom. The van der Waals surface area contributed by atoms with Gasteiger partial charge in [-0.1, -0.05) is 0 Å². The topological polar surface area (TPSA) is 83.3 Å². The third-order valence-electron chi connectivity index (χ3n) is 6.02. The molecule has 1 aliphatic carbocycles. The van der Waals surface area contributed by atoms with Crippen LogP contribution in [0.3, 0.4) is 0 Å². The van der Waals surface area contributed by atoms with Gasteiger partial charge in [0.25, 0.3) is 0 Å². The molecular formula is C20H16F5N5O2. The van der Waals surface area contributed by atoms with Gasteiger partial charge in [0.05, 0.1) is 11.1 Å². The number of phenols is 1. The number of aryl methyl sites for hydroxylation is 1. The number of benzene rings is 1. The minimum atomic E-state index is -5.15. The van der Waals surface area contributed by atoms with E-state index in [0.29, 0.717) is 37.3 Å². The van der Waals surface area contributed by atoms with Crippen LogP contribution in [0.25, 0.3) is 22.2 Å². The van der Waals surface area contributed by atoms with E-state index < -0.39 is 40.2 Å².